The summed E-state index contributed by atoms with van der Waals surface area (Å²) in [5.74, 6) is 0.0502. The van der Waals surface area contributed by atoms with Gasteiger partial charge in [-0.25, -0.2) is 0 Å². The maximum atomic E-state index is 13.0. The minimum absolute atomic E-state index is 0.123. The van der Waals surface area contributed by atoms with Crippen LogP contribution in [-0.4, -0.2) is 23.3 Å². The molecule has 1 aliphatic heterocycles. The maximum Gasteiger partial charge on any atom is 0.271 e. The normalized spacial score (nSPS) is 15.9. The van der Waals surface area contributed by atoms with E-state index in [2.05, 4.69) is 5.32 Å². The maximum absolute atomic E-state index is 13.0. The number of nitrogens with zero attached hydrogens (tertiary/aromatic N) is 2. The number of thioether (sulfide) groups is 1. The van der Waals surface area contributed by atoms with Crippen LogP contribution in [0.3, 0.4) is 0 Å². The lowest BCUT2D eigenvalue weighted by Gasteiger charge is -2.22. The van der Waals surface area contributed by atoms with Crippen molar-refractivity contribution in [3.63, 3.8) is 0 Å². The van der Waals surface area contributed by atoms with Crippen LogP contribution in [0.4, 0.5) is 17.1 Å². The van der Waals surface area contributed by atoms with E-state index in [1.54, 1.807) is 24.5 Å². The first-order chi connectivity index (χ1) is 14.5. The third-order valence-electron chi connectivity index (χ3n) is 4.59. The number of nitrogens with one attached hydrogen (secondary N) is 1. The summed E-state index contributed by atoms with van der Waals surface area (Å²) in [6, 6.07) is 16.7. The highest BCUT2D eigenvalue weighted by Crippen LogP contribution is 2.45. The molecule has 2 aromatic carbocycles. The van der Waals surface area contributed by atoms with Crippen LogP contribution in [0.25, 0.3) is 0 Å². The van der Waals surface area contributed by atoms with Gasteiger partial charge in [0.05, 0.1) is 22.1 Å². The Bertz CT molecular complexity index is 1100. The fraction of sp³-hybridized carbons (Fsp3) is 0.143. The molecular formula is C21H17N3O5S. The summed E-state index contributed by atoms with van der Waals surface area (Å²) < 4.78 is 5.49. The van der Waals surface area contributed by atoms with Crippen LogP contribution in [0.1, 0.15) is 17.4 Å². The number of furan rings is 1. The Morgan fingerprint density at radius 1 is 1.20 bits per heavy atom. The summed E-state index contributed by atoms with van der Waals surface area (Å²) in [5, 5.41) is 13.4. The Hall–Kier alpha value is -3.59. The zero-order valence-electron chi connectivity index (χ0n) is 15.7. The molecule has 0 radical (unpaired) electrons. The van der Waals surface area contributed by atoms with Gasteiger partial charge >= 0.3 is 0 Å². The first kappa shape index (κ1) is 19.7. The summed E-state index contributed by atoms with van der Waals surface area (Å²) in [5.41, 5.74) is 0.824. The topological polar surface area (TPSA) is 106 Å². The summed E-state index contributed by atoms with van der Waals surface area (Å²) in [6.45, 7) is -0.204. The lowest BCUT2D eigenvalue weighted by atomic mass is 10.2. The van der Waals surface area contributed by atoms with Crippen LogP contribution in [0.15, 0.2) is 76.2 Å². The Morgan fingerprint density at radius 2 is 2.03 bits per heavy atom. The second kappa shape index (κ2) is 8.42. The van der Waals surface area contributed by atoms with Crippen molar-refractivity contribution in [2.24, 2.45) is 0 Å². The molecule has 0 fully saturated rings. The van der Waals surface area contributed by atoms with Crippen LogP contribution in [0.5, 0.6) is 0 Å². The number of benzene rings is 2. The number of non-ortho nitro benzene ring substituents is 1. The van der Waals surface area contributed by atoms with E-state index in [0.29, 0.717) is 17.1 Å². The molecular weight excluding hydrogens is 406 g/mol. The average Bonchev–Trinajstić information content (AvgIpc) is 3.23. The highest BCUT2D eigenvalue weighted by molar-refractivity contribution is 7.99. The van der Waals surface area contributed by atoms with Crippen LogP contribution < -0.4 is 10.2 Å². The molecule has 3 aromatic rings. The van der Waals surface area contributed by atoms with E-state index in [4.69, 9.17) is 4.42 Å². The lowest BCUT2D eigenvalue weighted by molar-refractivity contribution is -0.384. The summed E-state index contributed by atoms with van der Waals surface area (Å²) in [4.78, 5) is 38.4. The van der Waals surface area contributed by atoms with Crippen molar-refractivity contribution in [3.8, 4) is 0 Å². The van der Waals surface area contributed by atoms with Crippen LogP contribution in [-0.2, 0) is 9.59 Å². The van der Waals surface area contributed by atoms with Crippen LogP contribution >= 0.6 is 11.8 Å². The third kappa shape index (κ3) is 4.20. The molecule has 0 aliphatic carbocycles. The molecule has 2 heterocycles. The van der Waals surface area contributed by atoms with E-state index in [1.807, 2.05) is 24.3 Å². The molecule has 9 heteroatoms. The summed E-state index contributed by atoms with van der Waals surface area (Å²) in [6.07, 6.45) is 1.75. The highest BCUT2D eigenvalue weighted by Gasteiger charge is 2.31. The predicted octanol–water partition coefficient (Wildman–Crippen LogP) is 4.40. The Morgan fingerprint density at radius 3 is 2.80 bits per heavy atom. The van der Waals surface area contributed by atoms with Gasteiger partial charge in [0.25, 0.3) is 5.69 Å². The molecule has 0 spiro atoms. The zero-order chi connectivity index (χ0) is 21.1. The molecule has 0 saturated heterocycles. The van der Waals surface area contributed by atoms with Gasteiger partial charge in [0, 0.05) is 29.1 Å². The van der Waals surface area contributed by atoms with Gasteiger partial charge in [0.2, 0.25) is 11.8 Å². The third-order valence-corrected chi connectivity index (χ3v) is 5.87. The number of rotatable bonds is 5. The smallest absolute Gasteiger partial charge is 0.271 e. The molecule has 30 heavy (non-hydrogen) atoms. The molecule has 1 atom stereocenters. The molecule has 152 valence electrons. The number of fused-ring (bicyclic) bond motifs is 1. The number of nitro groups is 1. The number of nitro benzene ring substituents is 1. The second-order valence-corrected chi connectivity index (χ2v) is 7.87. The Labute approximate surface area is 176 Å². The van der Waals surface area contributed by atoms with Gasteiger partial charge in [-0.05, 0) is 30.3 Å². The van der Waals surface area contributed by atoms with Gasteiger partial charge in [0.15, 0.2) is 0 Å². The Kier molecular flexibility index (Phi) is 5.53. The number of para-hydroxylation sites is 1. The van der Waals surface area contributed by atoms with Gasteiger partial charge in [0.1, 0.15) is 12.3 Å². The number of amides is 2. The van der Waals surface area contributed by atoms with Crippen molar-refractivity contribution >= 4 is 40.6 Å². The number of carbonyl (C=O) groups excluding carboxylic acids is 2. The molecule has 1 unspecified atom stereocenters. The highest BCUT2D eigenvalue weighted by atomic mass is 32.2. The largest absolute Gasteiger partial charge is 0.468 e. The van der Waals surface area contributed by atoms with Gasteiger partial charge in [-0.1, -0.05) is 18.2 Å². The van der Waals surface area contributed by atoms with Crippen molar-refractivity contribution in [1.82, 2.24) is 0 Å². The van der Waals surface area contributed by atoms with Crippen molar-refractivity contribution < 1.29 is 18.9 Å². The molecule has 1 N–H and O–H groups in total. The molecule has 0 saturated carbocycles. The monoisotopic (exact) mass is 423 g/mol. The Balaban J connectivity index is 1.56. The number of anilines is 2. The lowest BCUT2D eigenvalue weighted by Crippen LogP contribution is -2.38. The average molecular weight is 423 g/mol. The first-order valence-corrected chi connectivity index (χ1v) is 10.0. The number of carbonyl (C=O) groups is 2. The van der Waals surface area contributed by atoms with Crippen molar-refractivity contribution in [2.75, 3.05) is 16.8 Å². The zero-order valence-corrected chi connectivity index (χ0v) is 16.5. The van der Waals surface area contributed by atoms with E-state index < -0.39 is 10.8 Å². The van der Waals surface area contributed by atoms with Crippen LogP contribution in [0, 0.1) is 10.1 Å². The second-order valence-electron chi connectivity index (χ2n) is 6.63. The van der Waals surface area contributed by atoms with Gasteiger partial charge in [-0.3, -0.25) is 19.7 Å². The fourth-order valence-corrected chi connectivity index (χ4v) is 4.46. The minimum Gasteiger partial charge on any atom is -0.468 e. The van der Waals surface area contributed by atoms with Crippen LogP contribution in [0.2, 0.25) is 0 Å². The van der Waals surface area contributed by atoms with E-state index >= 15 is 0 Å². The van der Waals surface area contributed by atoms with Crippen molar-refractivity contribution in [3.05, 3.63) is 82.8 Å². The van der Waals surface area contributed by atoms with Crippen molar-refractivity contribution in [2.45, 2.75) is 16.6 Å². The molecule has 1 aromatic heterocycles. The van der Waals surface area contributed by atoms with Gasteiger partial charge in [-0.15, -0.1) is 11.8 Å². The van der Waals surface area contributed by atoms with Crippen molar-refractivity contribution in [1.29, 1.82) is 0 Å². The molecule has 2 amide bonds. The molecule has 1 aliphatic rings. The van der Waals surface area contributed by atoms with E-state index in [1.165, 1.54) is 34.9 Å². The summed E-state index contributed by atoms with van der Waals surface area (Å²) in [7, 11) is 0. The standard InChI is InChI=1S/C21H17N3O5S/c25-20(22-14-5-3-6-15(11-14)24(27)28)13-23-16-7-1-2-9-18(16)30-19(12-21(23)26)17-8-4-10-29-17/h1-11,19H,12-13H2,(H,22,25). The molecule has 4 rings (SSSR count). The summed E-state index contributed by atoms with van der Waals surface area (Å²) >= 11 is 1.52. The number of hydrogen-bond donors (Lipinski definition) is 1. The quantitative estimate of drug-likeness (QED) is 0.482. The van der Waals surface area contributed by atoms with E-state index in [9.17, 15) is 19.7 Å². The first-order valence-electron chi connectivity index (χ1n) is 9.15. The minimum atomic E-state index is -0.532. The van der Waals surface area contributed by atoms with E-state index in [0.717, 1.165) is 4.90 Å². The van der Waals surface area contributed by atoms with Gasteiger partial charge < -0.3 is 14.6 Å². The molecule has 8 nitrogen and oxygen atoms in total. The fourth-order valence-electron chi connectivity index (χ4n) is 3.23. The number of hydrogen-bond acceptors (Lipinski definition) is 6. The SMILES string of the molecule is O=C(CN1C(=O)CC(c2ccco2)Sc2ccccc21)Nc1cccc([N+](=O)[O-])c1. The van der Waals surface area contributed by atoms with E-state index in [-0.39, 0.29) is 29.8 Å². The molecule has 0 bridgehead atoms. The van der Waals surface area contributed by atoms with Gasteiger partial charge in [-0.2, -0.15) is 0 Å². The predicted molar refractivity (Wildman–Crippen MR) is 112 cm³/mol.